The van der Waals surface area contributed by atoms with Gasteiger partial charge in [0.1, 0.15) is 11.6 Å². The number of methoxy groups -OCH3 is 1. The highest BCUT2D eigenvalue weighted by Crippen LogP contribution is 2.33. The van der Waals surface area contributed by atoms with Crippen molar-refractivity contribution >= 4 is 16.9 Å². The van der Waals surface area contributed by atoms with E-state index in [9.17, 15) is 14.3 Å². The lowest BCUT2D eigenvalue weighted by Gasteiger charge is -2.12. The van der Waals surface area contributed by atoms with Gasteiger partial charge in [-0.25, -0.2) is 14.2 Å². The Morgan fingerprint density at radius 1 is 1.17 bits per heavy atom. The number of aromatic carboxylic acids is 1. The van der Waals surface area contributed by atoms with Gasteiger partial charge < -0.3 is 9.84 Å². The molecule has 1 aromatic heterocycles. The van der Waals surface area contributed by atoms with E-state index in [1.807, 2.05) is 19.9 Å². The fourth-order valence-electron chi connectivity index (χ4n) is 2.88. The second kappa shape index (κ2) is 5.92. The van der Waals surface area contributed by atoms with Crippen LogP contribution in [0.15, 0.2) is 36.4 Å². The molecule has 0 unspecified atom stereocenters. The normalized spacial score (nSPS) is 10.8. The van der Waals surface area contributed by atoms with Crippen LogP contribution in [-0.4, -0.2) is 23.2 Å². The van der Waals surface area contributed by atoms with Crippen LogP contribution in [0.25, 0.3) is 22.2 Å². The average Bonchev–Trinajstić information content (AvgIpc) is 2.53. The first-order chi connectivity index (χ1) is 11.4. The van der Waals surface area contributed by atoms with Gasteiger partial charge in [-0.15, -0.1) is 0 Å². The molecule has 0 radical (unpaired) electrons. The lowest BCUT2D eigenvalue weighted by atomic mass is 9.99. The van der Waals surface area contributed by atoms with E-state index in [4.69, 9.17) is 4.74 Å². The molecular weight excluding hydrogens is 309 g/mol. The molecule has 2 aromatic carbocycles. The zero-order chi connectivity index (χ0) is 17.4. The molecule has 3 aromatic rings. The number of aryl methyl sites for hydroxylation is 2. The van der Waals surface area contributed by atoms with Crippen LogP contribution < -0.4 is 4.74 Å². The summed E-state index contributed by atoms with van der Waals surface area (Å²) >= 11 is 0. The Bertz CT molecular complexity index is 966. The van der Waals surface area contributed by atoms with E-state index in [0.717, 1.165) is 11.1 Å². The largest absolute Gasteiger partial charge is 0.496 e. The number of fused-ring (bicyclic) bond motifs is 1. The van der Waals surface area contributed by atoms with Gasteiger partial charge in [-0.3, -0.25) is 0 Å². The lowest BCUT2D eigenvalue weighted by Crippen LogP contribution is -2.02. The number of hydrogen-bond donors (Lipinski definition) is 1. The van der Waals surface area contributed by atoms with E-state index >= 15 is 0 Å². The predicted octanol–water partition coefficient (Wildman–Crippen LogP) is 4.36. The molecule has 1 heterocycles. The first-order valence-corrected chi connectivity index (χ1v) is 7.40. The molecule has 24 heavy (non-hydrogen) atoms. The van der Waals surface area contributed by atoms with Gasteiger partial charge >= 0.3 is 5.97 Å². The molecule has 0 aliphatic rings. The summed E-state index contributed by atoms with van der Waals surface area (Å²) in [6, 6.07) is 9.27. The number of rotatable bonds is 3. The Hall–Kier alpha value is -2.95. The van der Waals surface area contributed by atoms with Crippen LogP contribution >= 0.6 is 0 Å². The molecule has 5 heteroatoms. The molecule has 0 saturated heterocycles. The van der Waals surface area contributed by atoms with E-state index < -0.39 is 11.8 Å². The fourth-order valence-corrected chi connectivity index (χ4v) is 2.88. The van der Waals surface area contributed by atoms with E-state index in [1.54, 1.807) is 6.07 Å². The summed E-state index contributed by atoms with van der Waals surface area (Å²) in [5.74, 6) is -1.06. The maximum Gasteiger partial charge on any atom is 0.336 e. The maximum absolute atomic E-state index is 13.7. The summed E-state index contributed by atoms with van der Waals surface area (Å²) in [6.45, 7) is 3.78. The lowest BCUT2D eigenvalue weighted by molar-refractivity contribution is 0.0699. The number of nitrogens with zero attached hydrogens (tertiary/aromatic N) is 1. The molecule has 0 fully saturated rings. The van der Waals surface area contributed by atoms with E-state index in [2.05, 4.69) is 4.98 Å². The number of benzene rings is 2. The number of carboxylic acids is 1. The SMILES string of the molecule is COc1ccc(F)cc1-c1cc(C(=O)O)c2cc(C)cc(C)c2n1. The van der Waals surface area contributed by atoms with Gasteiger partial charge in [0.05, 0.1) is 23.9 Å². The van der Waals surface area contributed by atoms with Gasteiger partial charge in [0.2, 0.25) is 0 Å². The van der Waals surface area contributed by atoms with Crippen molar-refractivity contribution in [3.63, 3.8) is 0 Å². The van der Waals surface area contributed by atoms with Gasteiger partial charge in [-0.05, 0) is 49.7 Å². The highest BCUT2D eigenvalue weighted by Gasteiger charge is 2.17. The molecule has 0 saturated carbocycles. The zero-order valence-electron chi connectivity index (χ0n) is 13.6. The number of ether oxygens (including phenoxy) is 1. The van der Waals surface area contributed by atoms with Crippen molar-refractivity contribution in [2.45, 2.75) is 13.8 Å². The van der Waals surface area contributed by atoms with Crippen LogP contribution in [0.3, 0.4) is 0 Å². The van der Waals surface area contributed by atoms with Crippen LogP contribution in [0.1, 0.15) is 21.5 Å². The Morgan fingerprint density at radius 2 is 1.92 bits per heavy atom. The molecule has 0 bridgehead atoms. The Morgan fingerprint density at radius 3 is 2.58 bits per heavy atom. The fraction of sp³-hybridized carbons (Fsp3) is 0.158. The number of hydrogen-bond acceptors (Lipinski definition) is 3. The van der Waals surface area contributed by atoms with E-state index in [-0.39, 0.29) is 5.56 Å². The second-order valence-electron chi connectivity index (χ2n) is 5.68. The van der Waals surface area contributed by atoms with Crippen molar-refractivity contribution in [2.75, 3.05) is 7.11 Å². The van der Waals surface area contributed by atoms with Gasteiger partial charge in [0.25, 0.3) is 0 Å². The van der Waals surface area contributed by atoms with Gasteiger partial charge in [0.15, 0.2) is 0 Å². The number of aromatic nitrogens is 1. The minimum atomic E-state index is -1.05. The number of carbonyl (C=O) groups is 1. The minimum absolute atomic E-state index is 0.133. The summed E-state index contributed by atoms with van der Waals surface area (Å²) in [7, 11) is 1.48. The zero-order valence-corrected chi connectivity index (χ0v) is 13.6. The third kappa shape index (κ3) is 2.69. The number of carboxylic acid groups (broad SMARTS) is 1. The first kappa shape index (κ1) is 15.9. The van der Waals surface area contributed by atoms with Crippen molar-refractivity contribution in [1.29, 1.82) is 0 Å². The predicted molar refractivity (Wildman–Crippen MR) is 90.1 cm³/mol. The first-order valence-electron chi connectivity index (χ1n) is 7.40. The second-order valence-corrected chi connectivity index (χ2v) is 5.68. The monoisotopic (exact) mass is 325 g/mol. The Labute approximate surface area is 138 Å². The number of halogens is 1. The van der Waals surface area contributed by atoms with Gasteiger partial charge in [-0.1, -0.05) is 11.6 Å². The van der Waals surface area contributed by atoms with Gasteiger partial charge in [-0.2, -0.15) is 0 Å². The van der Waals surface area contributed by atoms with Crippen molar-refractivity contribution < 1.29 is 19.0 Å². The van der Waals surface area contributed by atoms with Crippen LogP contribution in [0.2, 0.25) is 0 Å². The minimum Gasteiger partial charge on any atom is -0.496 e. The maximum atomic E-state index is 13.7. The van der Waals surface area contributed by atoms with Crippen molar-refractivity contribution in [1.82, 2.24) is 4.98 Å². The molecule has 0 aliphatic heterocycles. The summed E-state index contributed by atoms with van der Waals surface area (Å²) in [5.41, 5.74) is 3.32. The van der Waals surface area contributed by atoms with Crippen LogP contribution in [0.5, 0.6) is 5.75 Å². The molecule has 122 valence electrons. The molecule has 0 atom stereocenters. The standard InChI is InChI=1S/C19H16FNO3/c1-10-6-11(2)18-13(7-10)14(19(22)23)9-16(21-18)15-8-12(20)4-5-17(15)24-3/h4-9H,1-3H3,(H,22,23). The van der Waals surface area contributed by atoms with Crippen molar-refractivity contribution in [2.24, 2.45) is 0 Å². The summed E-state index contributed by atoms with van der Waals surface area (Å²) in [4.78, 5) is 16.3. The smallest absolute Gasteiger partial charge is 0.336 e. The molecule has 0 amide bonds. The molecule has 4 nitrogen and oxygen atoms in total. The molecular formula is C19H16FNO3. The summed E-state index contributed by atoms with van der Waals surface area (Å²) in [6.07, 6.45) is 0. The molecule has 1 N–H and O–H groups in total. The molecule has 3 rings (SSSR count). The van der Waals surface area contributed by atoms with Crippen LogP contribution in [-0.2, 0) is 0 Å². The van der Waals surface area contributed by atoms with Crippen LogP contribution in [0.4, 0.5) is 4.39 Å². The van der Waals surface area contributed by atoms with E-state index in [1.165, 1.54) is 31.4 Å². The van der Waals surface area contributed by atoms with Crippen molar-refractivity contribution in [3.05, 3.63) is 58.9 Å². The third-order valence-corrected chi connectivity index (χ3v) is 3.92. The highest BCUT2D eigenvalue weighted by atomic mass is 19.1. The molecule has 0 aliphatic carbocycles. The average molecular weight is 325 g/mol. The topological polar surface area (TPSA) is 59.4 Å². The van der Waals surface area contributed by atoms with E-state index in [0.29, 0.717) is 27.9 Å². The summed E-state index contributed by atoms with van der Waals surface area (Å²) < 4.78 is 18.9. The quantitative estimate of drug-likeness (QED) is 0.777. The van der Waals surface area contributed by atoms with Crippen molar-refractivity contribution in [3.8, 4) is 17.0 Å². The van der Waals surface area contributed by atoms with Gasteiger partial charge in [0, 0.05) is 10.9 Å². The van der Waals surface area contributed by atoms with Crippen LogP contribution in [0, 0.1) is 19.7 Å². The Balaban J connectivity index is 2.39. The summed E-state index contributed by atoms with van der Waals surface area (Å²) in [5, 5.41) is 10.2. The Kier molecular flexibility index (Phi) is 3.93. The number of pyridine rings is 1. The highest BCUT2D eigenvalue weighted by molar-refractivity contribution is 6.04. The molecule has 0 spiro atoms. The third-order valence-electron chi connectivity index (χ3n) is 3.92.